The van der Waals surface area contributed by atoms with Crippen LogP contribution in [0.25, 0.3) is 0 Å². The second-order valence-corrected chi connectivity index (χ2v) is 17.4. The Morgan fingerprint density at radius 1 is 0.518 bits per heavy atom. The van der Waals surface area contributed by atoms with Gasteiger partial charge >= 0.3 is 13.8 Å². The summed E-state index contributed by atoms with van der Waals surface area (Å²) in [6.45, 7) is 4.93. The van der Waals surface area contributed by atoms with Crippen molar-refractivity contribution in [2.75, 3.05) is 33.0 Å². The van der Waals surface area contributed by atoms with E-state index in [4.69, 9.17) is 24.3 Å². The smallest absolute Gasteiger partial charge is 0.457 e. The fourth-order valence-corrected chi connectivity index (χ4v) is 7.58. The molecule has 0 radical (unpaired) electrons. The number of allylic oxidation sites excluding steroid dienone is 4. The number of nitrogens with two attached hydrogens (primary N) is 1. The predicted molar refractivity (Wildman–Crippen MR) is 238 cm³/mol. The molecule has 2 unspecified atom stereocenters. The van der Waals surface area contributed by atoms with Crippen molar-refractivity contribution < 1.29 is 32.8 Å². The molecule has 0 saturated heterocycles. The number of carbonyl (C=O) groups is 1. The summed E-state index contributed by atoms with van der Waals surface area (Å²) in [7, 11) is -4.28. The lowest BCUT2D eigenvalue weighted by Crippen LogP contribution is -2.28. The minimum atomic E-state index is -4.28. The van der Waals surface area contributed by atoms with Crippen LogP contribution in [0.5, 0.6) is 0 Å². The Balaban J connectivity index is 3.89. The Labute approximate surface area is 346 Å². The molecule has 56 heavy (non-hydrogen) atoms. The van der Waals surface area contributed by atoms with Crippen LogP contribution in [0, 0.1) is 0 Å². The van der Waals surface area contributed by atoms with Crippen molar-refractivity contribution in [2.45, 2.75) is 238 Å². The third-order valence-corrected chi connectivity index (χ3v) is 11.3. The fourth-order valence-electron chi connectivity index (χ4n) is 6.81. The zero-order valence-corrected chi connectivity index (χ0v) is 37.8. The normalized spacial score (nSPS) is 13.6. The standard InChI is InChI=1S/C47H92NO7P/c1-3-5-7-9-11-13-15-17-18-19-20-21-22-23-24-25-26-27-29-31-33-35-37-39-42-52-44-46(45-54-56(50,51)53-43-41-48)55-47(49)40-38-36-34-32-30-28-16-14-12-10-8-6-4-2/h14,16,19-20,46H,3-13,15,17-18,21-45,48H2,1-2H3,(H,50,51)/b16-14-,20-19-. The predicted octanol–water partition coefficient (Wildman–Crippen LogP) is 14.4. The van der Waals surface area contributed by atoms with Gasteiger partial charge in [0.25, 0.3) is 0 Å². The first-order valence-corrected chi connectivity index (χ1v) is 25.3. The lowest BCUT2D eigenvalue weighted by atomic mass is 10.0. The van der Waals surface area contributed by atoms with E-state index >= 15 is 0 Å². The molecule has 8 nitrogen and oxygen atoms in total. The molecule has 0 aliphatic carbocycles. The fraction of sp³-hybridized carbons (Fsp3) is 0.894. The highest BCUT2D eigenvalue weighted by Crippen LogP contribution is 2.43. The van der Waals surface area contributed by atoms with Gasteiger partial charge in [-0.2, -0.15) is 0 Å². The van der Waals surface area contributed by atoms with E-state index in [-0.39, 0.29) is 32.3 Å². The summed E-state index contributed by atoms with van der Waals surface area (Å²) in [5.74, 6) is -0.337. The van der Waals surface area contributed by atoms with Crippen LogP contribution in [0.1, 0.15) is 232 Å². The van der Waals surface area contributed by atoms with Crippen molar-refractivity contribution in [2.24, 2.45) is 5.73 Å². The SMILES string of the molecule is CCCCCC/C=C\CCCCCCCC(=O)OC(COCCCCCCCCCCCCCC/C=C\CCCCCCCCCC)COP(=O)(O)OCCN. The number of rotatable bonds is 46. The van der Waals surface area contributed by atoms with Gasteiger partial charge in [-0.05, 0) is 64.2 Å². The molecule has 3 N–H and O–H groups in total. The molecule has 0 aliphatic heterocycles. The van der Waals surface area contributed by atoms with Gasteiger partial charge in [-0.3, -0.25) is 13.8 Å². The lowest BCUT2D eigenvalue weighted by molar-refractivity contribution is -0.154. The number of hydrogen-bond acceptors (Lipinski definition) is 7. The van der Waals surface area contributed by atoms with Crippen LogP contribution in [0.2, 0.25) is 0 Å². The van der Waals surface area contributed by atoms with Crippen molar-refractivity contribution in [3.63, 3.8) is 0 Å². The second-order valence-electron chi connectivity index (χ2n) is 16.0. The number of carbonyl (C=O) groups excluding carboxylic acids is 1. The molecule has 9 heteroatoms. The highest BCUT2D eigenvalue weighted by atomic mass is 31.2. The first-order chi connectivity index (χ1) is 27.4. The van der Waals surface area contributed by atoms with Crippen molar-refractivity contribution in [1.82, 2.24) is 0 Å². The summed E-state index contributed by atoms with van der Waals surface area (Å²) in [6.07, 6.45) is 50.7. The van der Waals surface area contributed by atoms with Crippen LogP contribution in [-0.2, 0) is 27.9 Å². The zero-order valence-electron chi connectivity index (χ0n) is 36.9. The summed E-state index contributed by atoms with van der Waals surface area (Å²) in [4.78, 5) is 22.5. The summed E-state index contributed by atoms with van der Waals surface area (Å²) in [5.41, 5.74) is 5.37. The first kappa shape index (κ1) is 55.0. The molecule has 0 aromatic rings. The zero-order chi connectivity index (χ0) is 40.9. The van der Waals surface area contributed by atoms with Gasteiger partial charge in [-0.25, -0.2) is 4.57 Å². The number of hydrogen-bond donors (Lipinski definition) is 2. The highest BCUT2D eigenvalue weighted by molar-refractivity contribution is 7.47. The van der Waals surface area contributed by atoms with Crippen LogP contribution in [0.15, 0.2) is 24.3 Å². The molecule has 2 atom stereocenters. The monoisotopic (exact) mass is 814 g/mol. The number of phosphoric ester groups is 1. The molecule has 0 saturated carbocycles. The van der Waals surface area contributed by atoms with E-state index in [0.717, 1.165) is 44.9 Å². The summed E-state index contributed by atoms with van der Waals surface area (Å²) in [6, 6.07) is 0. The molecule has 0 bridgehead atoms. The summed E-state index contributed by atoms with van der Waals surface area (Å²) < 4.78 is 33.5. The van der Waals surface area contributed by atoms with Crippen LogP contribution in [0.3, 0.4) is 0 Å². The van der Waals surface area contributed by atoms with Gasteiger partial charge in [0.05, 0.1) is 19.8 Å². The van der Waals surface area contributed by atoms with Gasteiger partial charge in [0.15, 0.2) is 0 Å². The number of ether oxygens (including phenoxy) is 2. The molecule has 0 spiro atoms. The van der Waals surface area contributed by atoms with E-state index in [1.807, 2.05) is 0 Å². The Hall–Kier alpha value is -1.02. The molecule has 0 heterocycles. The van der Waals surface area contributed by atoms with Crippen LogP contribution in [0.4, 0.5) is 0 Å². The van der Waals surface area contributed by atoms with Gasteiger partial charge in [-0.15, -0.1) is 0 Å². The Kier molecular flexibility index (Phi) is 44.3. The lowest BCUT2D eigenvalue weighted by Gasteiger charge is -2.20. The maximum Gasteiger partial charge on any atom is 0.472 e. The van der Waals surface area contributed by atoms with Crippen molar-refractivity contribution in [3.8, 4) is 0 Å². The summed E-state index contributed by atoms with van der Waals surface area (Å²) in [5, 5.41) is 0. The van der Waals surface area contributed by atoms with Crippen LogP contribution in [-0.4, -0.2) is 49.9 Å². The molecular weight excluding hydrogens is 721 g/mol. The maximum atomic E-state index is 12.6. The van der Waals surface area contributed by atoms with E-state index in [9.17, 15) is 14.3 Å². The van der Waals surface area contributed by atoms with E-state index < -0.39 is 13.9 Å². The molecule has 0 aromatic heterocycles. The quantitative estimate of drug-likeness (QED) is 0.0270. The first-order valence-electron chi connectivity index (χ1n) is 23.8. The topological polar surface area (TPSA) is 117 Å². The largest absolute Gasteiger partial charge is 0.472 e. The summed E-state index contributed by atoms with van der Waals surface area (Å²) >= 11 is 0. The van der Waals surface area contributed by atoms with Gasteiger partial charge in [0, 0.05) is 19.6 Å². The average molecular weight is 814 g/mol. The Bertz CT molecular complexity index is 915. The van der Waals surface area contributed by atoms with E-state index in [1.165, 1.54) is 167 Å². The molecule has 0 fully saturated rings. The maximum absolute atomic E-state index is 12.6. The van der Waals surface area contributed by atoms with Gasteiger partial charge < -0.3 is 20.1 Å². The van der Waals surface area contributed by atoms with Gasteiger partial charge in [0.2, 0.25) is 0 Å². The number of unbranched alkanes of at least 4 members (excludes halogenated alkanes) is 29. The van der Waals surface area contributed by atoms with E-state index in [2.05, 4.69) is 38.2 Å². The second kappa shape index (κ2) is 45.1. The molecular formula is C47H92NO7P. The Morgan fingerprint density at radius 2 is 0.893 bits per heavy atom. The van der Waals surface area contributed by atoms with Crippen molar-refractivity contribution in [3.05, 3.63) is 24.3 Å². The minimum Gasteiger partial charge on any atom is -0.457 e. The van der Waals surface area contributed by atoms with Crippen molar-refractivity contribution >= 4 is 13.8 Å². The highest BCUT2D eigenvalue weighted by Gasteiger charge is 2.25. The van der Waals surface area contributed by atoms with Crippen molar-refractivity contribution in [1.29, 1.82) is 0 Å². The molecule has 0 aliphatic rings. The number of esters is 1. The van der Waals surface area contributed by atoms with E-state index in [0.29, 0.717) is 13.0 Å². The number of phosphoric acid groups is 1. The van der Waals surface area contributed by atoms with Crippen LogP contribution < -0.4 is 5.73 Å². The van der Waals surface area contributed by atoms with Gasteiger partial charge in [-0.1, -0.05) is 186 Å². The molecule has 0 amide bonds. The molecule has 0 rings (SSSR count). The average Bonchev–Trinajstić information content (AvgIpc) is 3.19. The molecule has 332 valence electrons. The third-order valence-electron chi connectivity index (χ3n) is 10.3. The minimum absolute atomic E-state index is 0.0954. The van der Waals surface area contributed by atoms with Gasteiger partial charge in [0.1, 0.15) is 6.10 Å². The third kappa shape index (κ3) is 44.1. The Morgan fingerprint density at radius 3 is 1.32 bits per heavy atom. The molecule has 0 aromatic carbocycles. The van der Waals surface area contributed by atoms with E-state index in [1.54, 1.807) is 0 Å². The van der Waals surface area contributed by atoms with Crippen LogP contribution >= 0.6 is 7.82 Å².